The molecule has 0 N–H and O–H groups in total. The van der Waals surface area contributed by atoms with Crippen molar-refractivity contribution < 1.29 is 10.9 Å². The molecule has 28 heavy (non-hydrogen) atoms. The number of hydrogen-bond acceptors (Lipinski definition) is 6. The van der Waals surface area contributed by atoms with Crippen LogP contribution in [0.15, 0.2) is 52.1 Å². The fourth-order valence-corrected chi connectivity index (χ4v) is 3.60. The van der Waals surface area contributed by atoms with E-state index in [1.165, 1.54) is 7.11 Å². The number of carbonyl (C=O) groups is 1. The molecular weight excluding hydrogens is 422 g/mol. The van der Waals surface area contributed by atoms with Gasteiger partial charge < -0.3 is 4.74 Å². The molecule has 0 saturated heterocycles. The number of carbonyl (C=O) groups excluding carboxylic acids is 1. The van der Waals surface area contributed by atoms with Gasteiger partial charge in [-0.1, -0.05) is 22.0 Å². The van der Waals surface area contributed by atoms with Crippen LogP contribution in [0.3, 0.4) is 0 Å². The lowest BCUT2D eigenvalue weighted by Gasteiger charge is -2.12. The molecule has 0 saturated carbocycles. The van der Waals surface area contributed by atoms with Crippen LogP contribution < -0.4 is 0 Å². The number of pyridine rings is 1. The summed E-state index contributed by atoms with van der Waals surface area (Å²) in [6.07, 6.45) is 2.33. The van der Waals surface area contributed by atoms with E-state index in [2.05, 4.69) is 31.1 Å². The molecule has 1 aromatic carbocycles. The summed E-state index contributed by atoms with van der Waals surface area (Å²) in [6, 6.07) is 11.1. The lowest BCUT2D eigenvalue weighted by Crippen LogP contribution is -2.09. The molecular formula is C20H18BrN5O2. The van der Waals surface area contributed by atoms with Crippen LogP contribution in [0.2, 0.25) is 0 Å². The second kappa shape index (κ2) is 7.63. The fourth-order valence-electron chi connectivity index (χ4n) is 3.24. The zero-order valence-electron chi connectivity index (χ0n) is 16.2. The van der Waals surface area contributed by atoms with E-state index in [4.69, 9.17) is 11.1 Å². The van der Waals surface area contributed by atoms with Crippen molar-refractivity contribution in [3.05, 3.63) is 70.0 Å². The molecule has 0 radical (unpaired) electrons. The summed E-state index contributed by atoms with van der Waals surface area (Å²) >= 11 is 3.54. The van der Waals surface area contributed by atoms with E-state index in [9.17, 15) is 4.79 Å². The first kappa shape index (κ1) is 17.2. The molecule has 0 fully saturated rings. The second-order valence-corrected chi connectivity index (χ2v) is 7.21. The van der Waals surface area contributed by atoms with E-state index >= 15 is 0 Å². The molecule has 4 rings (SSSR count). The largest absolute Gasteiger partial charge is 0.469 e. The van der Waals surface area contributed by atoms with Gasteiger partial charge in [-0.2, -0.15) is 0 Å². The molecule has 2 aromatic heterocycles. The van der Waals surface area contributed by atoms with Gasteiger partial charge in [0.1, 0.15) is 11.9 Å². The summed E-state index contributed by atoms with van der Waals surface area (Å²) in [7, 11) is 1.37. The van der Waals surface area contributed by atoms with Gasteiger partial charge >= 0.3 is 5.97 Å². The maximum absolute atomic E-state index is 11.8. The third-order valence-corrected chi connectivity index (χ3v) is 5.04. The standard InChI is InChI=1S/C20H18BrN5O2/c1-12-24-25-20-16(7-9-18(27)28-2)23-19(15-5-3-4-10-22-15)14-11-13(21)6-8-17(14)26(12)20/h3-6,8,10-11,16H,7,9H2,1-2H3/i1D. The molecule has 3 heterocycles. The molecule has 142 valence electrons. The number of aryl methyl sites for hydroxylation is 1. The van der Waals surface area contributed by atoms with Crippen molar-refractivity contribution in [3.8, 4) is 5.69 Å². The van der Waals surface area contributed by atoms with Crippen molar-refractivity contribution in [2.45, 2.75) is 25.8 Å². The van der Waals surface area contributed by atoms with Crippen LogP contribution in [0, 0.1) is 6.90 Å². The van der Waals surface area contributed by atoms with E-state index in [0.717, 1.165) is 21.4 Å². The maximum atomic E-state index is 11.8. The first-order valence-corrected chi connectivity index (χ1v) is 9.51. The lowest BCUT2D eigenvalue weighted by molar-refractivity contribution is -0.140. The Kier molecular flexibility index (Phi) is 4.70. The van der Waals surface area contributed by atoms with Gasteiger partial charge in [0.2, 0.25) is 0 Å². The number of aromatic nitrogens is 4. The average molecular weight is 441 g/mol. The number of rotatable bonds is 4. The first-order valence-electron chi connectivity index (χ1n) is 9.42. The van der Waals surface area contributed by atoms with Gasteiger partial charge in [-0.25, -0.2) is 0 Å². The number of benzene rings is 1. The second-order valence-electron chi connectivity index (χ2n) is 6.29. The minimum Gasteiger partial charge on any atom is -0.469 e. The Labute approximate surface area is 172 Å². The van der Waals surface area contributed by atoms with Crippen LogP contribution in [0.25, 0.3) is 5.69 Å². The minimum absolute atomic E-state index is 0.0227. The third-order valence-electron chi connectivity index (χ3n) is 4.55. The van der Waals surface area contributed by atoms with Crippen molar-refractivity contribution in [2.75, 3.05) is 7.11 Å². The Bertz CT molecular complexity index is 1080. The summed E-state index contributed by atoms with van der Waals surface area (Å²) in [4.78, 5) is 21.2. The lowest BCUT2D eigenvalue weighted by atomic mass is 10.0. The highest BCUT2D eigenvalue weighted by atomic mass is 79.9. The summed E-state index contributed by atoms with van der Waals surface area (Å²) in [6.45, 7) is -0.0227. The molecule has 8 heteroatoms. The molecule has 0 bridgehead atoms. The fraction of sp³-hybridized carbons (Fsp3) is 0.250. The maximum Gasteiger partial charge on any atom is 0.305 e. The van der Waals surface area contributed by atoms with Crippen molar-refractivity contribution in [2.24, 2.45) is 4.99 Å². The Morgan fingerprint density at radius 1 is 1.32 bits per heavy atom. The zero-order chi connectivity index (χ0) is 20.4. The molecule has 0 aliphatic carbocycles. The van der Waals surface area contributed by atoms with Crippen molar-refractivity contribution in [1.29, 1.82) is 0 Å². The quantitative estimate of drug-likeness (QED) is 0.578. The molecule has 1 unspecified atom stereocenters. The summed E-state index contributed by atoms with van der Waals surface area (Å²) in [5.74, 6) is 0.811. The van der Waals surface area contributed by atoms with Gasteiger partial charge in [0.05, 0.1) is 24.2 Å². The van der Waals surface area contributed by atoms with Crippen molar-refractivity contribution in [1.82, 2.24) is 19.7 Å². The van der Waals surface area contributed by atoms with Gasteiger partial charge in [-0.05, 0) is 43.7 Å². The molecule has 7 nitrogen and oxygen atoms in total. The molecule has 0 amide bonds. The average Bonchev–Trinajstić information content (AvgIpc) is 3.12. The van der Waals surface area contributed by atoms with Crippen molar-refractivity contribution >= 4 is 27.6 Å². The van der Waals surface area contributed by atoms with Gasteiger partial charge in [0, 0.05) is 24.0 Å². The topological polar surface area (TPSA) is 82.3 Å². The van der Waals surface area contributed by atoms with Crippen molar-refractivity contribution in [3.63, 3.8) is 0 Å². The number of hydrogen-bond donors (Lipinski definition) is 0. The first-order chi connectivity index (χ1) is 14.1. The number of nitrogens with zero attached hydrogens (tertiary/aromatic N) is 5. The summed E-state index contributed by atoms with van der Waals surface area (Å²) in [5, 5.41) is 8.51. The van der Waals surface area contributed by atoms with Gasteiger partial charge in [-0.15, -0.1) is 10.2 Å². The highest BCUT2D eigenvalue weighted by molar-refractivity contribution is 9.10. The van der Waals surface area contributed by atoms with Crippen LogP contribution in [0.1, 0.15) is 43.2 Å². The number of ether oxygens (including phenoxy) is 1. The highest BCUT2D eigenvalue weighted by Crippen LogP contribution is 2.34. The number of aliphatic imine (C=N–C) groups is 1. The van der Waals surface area contributed by atoms with Crippen LogP contribution in [-0.4, -0.2) is 38.5 Å². The van der Waals surface area contributed by atoms with Crippen LogP contribution in [0.5, 0.6) is 0 Å². The van der Waals surface area contributed by atoms with E-state index in [-0.39, 0.29) is 19.3 Å². The molecule has 3 aromatic rings. The smallest absolute Gasteiger partial charge is 0.305 e. The van der Waals surface area contributed by atoms with E-state index in [1.54, 1.807) is 6.20 Å². The van der Waals surface area contributed by atoms with Crippen LogP contribution >= 0.6 is 15.9 Å². The number of fused-ring (bicyclic) bond motifs is 3. The van der Waals surface area contributed by atoms with E-state index < -0.39 is 6.04 Å². The van der Waals surface area contributed by atoms with Gasteiger partial charge in [0.15, 0.2) is 5.82 Å². The number of esters is 1. The monoisotopic (exact) mass is 440 g/mol. The summed E-state index contributed by atoms with van der Waals surface area (Å²) < 4.78 is 15.4. The van der Waals surface area contributed by atoms with E-state index in [1.807, 2.05) is 41.0 Å². The summed E-state index contributed by atoms with van der Waals surface area (Å²) in [5.41, 5.74) is 3.12. The number of methoxy groups -OCH3 is 1. The predicted molar refractivity (Wildman–Crippen MR) is 108 cm³/mol. The molecule has 1 atom stereocenters. The third kappa shape index (κ3) is 3.35. The van der Waals surface area contributed by atoms with Crippen LogP contribution in [-0.2, 0) is 9.53 Å². The molecule has 1 aliphatic rings. The van der Waals surface area contributed by atoms with E-state index in [0.29, 0.717) is 23.8 Å². The highest BCUT2D eigenvalue weighted by Gasteiger charge is 2.29. The number of halogens is 1. The zero-order valence-corrected chi connectivity index (χ0v) is 16.8. The normalized spacial score (nSPS) is 15.7. The molecule has 1 aliphatic heterocycles. The predicted octanol–water partition coefficient (Wildman–Crippen LogP) is 3.58. The molecule has 0 spiro atoms. The SMILES string of the molecule is [2H]Cc1nnc2n1-c1ccc(Br)cc1C(c1ccccn1)=NC2CCC(=O)OC. The Hall–Kier alpha value is -2.87. The van der Waals surface area contributed by atoms with Gasteiger partial charge in [0.25, 0.3) is 0 Å². The Balaban J connectivity index is 1.94. The van der Waals surface area contributed by atoms with Gasteiger partial charge in [-0.3, -0.25) is 19.3 Å². The Morgan fingerprint density at radius 3 is 2.96 bits per heavy atom. The van der Waals surface area contributed by atoms with Crippen LogP contribution in [0.4, 0.5) is 0 Å². The minimum atomic E-state index is -0.426. The Morgan fingerprint density at radius 2 is 2.21 bits per heavy atom.